The van der Waals surface area contributed by atoms with Crippen molar-refractivity contribution in [1.29, 1.82) is 0 Å². The molecule has 47 heavy (non-hydrogen) atoms. The van der Waals surface area contributed by atoms with Crippen LogP contribution in [0, 0.1) is 0 Å². The van der Waals surface area contributed by atoms with Gasteiger partial charge in [0.05, 0.1) is 119 Å². The van der Waals surface area contributed by atoms with Crippen LogP contribution in [-0.2, 0) is 57.0 Å². The molecule has 0 rings (SSSR count). The number of ether oxygens (including phenoxy) is 9. The molecule has 0 saturated heterocycles. The van der Waals surface area contributed by atoms with E-state index in [1.807, 2.05) is 0 Å². The molecule has 0 spiro atoms. The van der Waals surface area contributed by atoms with Gasteiger partial charge in [0.25, 0.3) is 0 Å². The van der Waals surface area contributed by atoms with Crippen molar-refractivity contribution in [3.05, 3.63) is 0 Å². The number of rotatable bonds is 36. The second-order valence-electron chi connectivity index (χ2n) is 9.72. The Hall–Kier alpha value is -2.68. The van der Waals surface area contributed by atoms with Crippen LogP contribution in [0.25, 0.3) is 0 Å². The Morgan fingerprint density at radius 1 is 0.574 bits per heavy atom. The van der Waals surface area contributed by atoms with Crippen LogP contribution in [0.2, 0.25) is 0 Å². The molecule has 0 unspecified atom stereocenters. The van der Waals surface area contributed by atoms with Gasteiger partial charge in [0.1, 0.15) is 6.04 Å². The van der Waals surface area contributed by atoms with E-state index in [1.54, 1.807) is 0 Å². The second-order valence-corrected chi connectivity index (χ2v) is 9.72. The summed E-state index contributed by atoms with van der Waals surface area (Å²) in [6.45, 7) is 10.1. The largest absolute Gasteiger partial charge is 0.379 e. The minimum Gasteiger partial charge on any atom is -0.379 e. The number of nitrogens with one attached hydrogen (secondary N) is 2. The quantitative estimate of drug-likeness (QED) is 0.0265. The van der Waals surface area contributed by atoms with Gasteiger partial charge >= 0.3 is 0 Å². The number of primary amides is 1. The third-order valence-corrected chi connectivity index (χ3v) is 5.69. The van der Waals surface area contributed by atoms with E-state index in [4.69, 9.17) is 59.8 Å². The van der Waals surface area contributed by atoms with E-state index in [2.05, 4.69) is 15.6 Å². The van der Waals surface area contributed by atoms with E-state index < -0.39 is 11.9 Å². The number of carbonyl (C=O) groups is 3. The molecule has 0 aliphatic rings. The number of nitrogens with zero attached hydrogens (tertiary/aromatic N) is 1. The molecule has 0 fully saturated rings. The summed E-state index contributed by atoms with van der Waals surface area (Å²) in [7, 11) is 0. The monoisotopic (exact) mass is 682 g/mol. The molecule has 18 nitrogen and oxygen atoms in total. The first kappa shape index (κ1) is 44.3. The van der Waals surface area contributed by atoms with E-state index in [1.165, 1.54) is 6.92 Å². The summed E-state index contributed by atoms with van der Waals surface area (Å²) in [5.74, 6) is -1.05. The average molecular weight is 683 g/mol. The SMILES string of the molecule is CC(=O)NCCOCCOCCOCCOCCOCCOCCOCCOCCOCCC(=O)N[C@H](CCCN=C(N)N)C(N)=O. The van der Waals surface area contributed by atoms with Crippen molar-refractivity contribution in [2.45, 2.75) is 32.2 Å². The summed E-state index contributed by atoms with van der Waals surface area (Å²) in [5, 5.41) is 5.24. The number of hydrogen-bond acceptors (Lipinski definition) is 13. The Balaban J connectivity index is 3.29. The number of nitrogens with two attached hydrogens (primary N) is 3. The lowest BCUT2D eigenvalue weighted by atomic mass is 10.1. The van der Waals surface area contributed by atoms with Gasteiger partial charge in [-0.2, -0.15) is 0 Å². The van der Waals surface area contributed by atoms with Crippen LogP contribution in [0.1, 0.15) is 26.2 Å². The maximum absolute atomic E-state index is 12.0. The zero-order valence-electron chi connectivity index (χ0n) is 27.9. The summed E-state index contributed by atoms with van der Waals surface area (Å²) < 4.78 is 48.7. The van der Waals surface area contributed by atoms with Gasteiger partial charge in [-0.1, -0.05) is 0 Å². The van der Waals surface area contributed by atoms with Crippen LogP contribution >= 0.6 is 0 Å². The van der Waals surface area contributed by atoms with Crippen molar-refractivity contribution in [1.82, 2.24) is 10.6 Å². The molecule has 3 amide bonds. The van der Waals surface area contributed by atoms with Crippen LogP contribution in [0.5, 0.6) is 0 Å². The molecule has 0 radical (unpaired) electrons. The molecule has 0 aliphatic carbocycles. The number of amides is 3. The number of guanidine groups is 1. The van der Waals surface area contributed by atoms with Crippen molar-refractivity contribution in [3.63, 3.8) is 0 Å². The van der Waals surface area contributed by atoms with Crippen LogP contribution < -0.4 is 27.8 Å². The Morgan fingerprint density at radius 2 is 0.936 bits per heavy atom. The highest BCUT2D eigenvalue weighted by molar-refractivity contribution is 5.86. The van der Waals surface area contributed by atoms with Gasteiger partial charge in [0.2, 0.25) is 17.7 Å². The van der Waals surface area contributed by atoms with Crippen molar-refractivity contribution in [2.75, 3.05) is 132 Å². The van der Waals surface area contributed by atoms with Gasteiger partial charge in [-0.05, 0) is 12.8 Å². The lowest BCUT2D eigenvalue weighted by molar-refractivity contribution is -0.128. The molecule has 8 N–H and O–H groups in total. The van der Waals surface area contributed by atoms with Gasteiger partial charge < -0.3 is 70.5 Å². The summed E-state index contributed by atoms with van der Waals surface area (Å²) in [6, 6.07) is -0.785. The van der Waals surface area contributed by atoms with Crippen molar-refractivity contribution >= 4 is 23.7 Å². The molecule has 1 atom stereocenters. The summed E-state index contributed by atoms with van der Waals surface area (Å²) in [4.78, 5) is 38.1. The molecule has 0 aliphatic heterocycles. The standard InChI is InChI=1S/C29H58N6O12/c1-25(36)33-6-8-40-10-12-42-14-16-44-18-20-46-22-24-47-23-21-45-19-17-43-15-13-41-11-9-39-7-4-27(37)35-26(28(30)38)3-2-5-34-29(31)32/h26H,2-24H2,1H3,(H2,30,38)(H,33,36)(H,35,37)(H4,31,32,34)/t26-/m1/s1. The van der Waals surface area contributed by atoms with E-state index in [0.717, 1.165) is 0 Å². The first-order valence-corrected chi connectivity index (χ1v) is 15.9. The van der Waals surface area contributed by atoms with Gasteiger partial charge in [0.15, 0.2) is 5.96 Å². The third-order valence-electron chi connectivity index (χ3n) is 5.69. The fraction of sp³-hybridized carbons (Fsp3) is 0.862. The molecule has 0 aromatic heterocycles. The first-order valence-electron chi connectivity index (χ1n) is 15.9. The van der Waals surface area contributed by atoms with E-state index in [0.29, 0.717) is 138 Å². The minimum atomic E-state index is -0.785. The number of carbonyl (C=O) groups excluding carboxylic acids is 3. The molecular weight excluding hydrogens is 624 g/mol. The zero-order valence-corrected chi connectivity index (χ0v) is 27.9. The molecule has 0 aromatic rings. The van der Waals surface area contributed by atoms with Crippen molar-refractivity contribution in [2.24, 2.45) is 22.2 Å². The highest BCUT2D eigenvalue weighted by Gasteiger charge is 2.17. The fourth-order valence-corrected chi connectivity index (χ4v) is 3.38. The maximum Gasteiger partial charge on any atom is 0.240 e. The van der Waals surface area contributed by atoms with Gasteiger partial charge in [-0.25, -0.2) is 0 Å². The van der Waals surface area contributed by atoms with Crippen LogP contribution in [-0.4, -0.2) is 162 Å². The van der Waals surface area contributed by atoms with Crippen LogP contribution in [0.4, 0.5) is 0 Å². The molecule has 0 aromatic carbocycles. The Morgan fingerprint density at radius 3 is 1.28 bits per heavy atom. The van der Waals surface area contributed by atoms with Gasteiger partial charge in [-0.3, -0.25) is 19.4 Å². The predicted octanol–water partition coefficient (Wildman–Crippen LogP) is -2.31. The zero-order chi connectivity index (χ0) is 34.6. The summed E-state index contributed by atoms with van der Waals surface area (Å²) >= 11 is 0. The smallest absolute Gasteiger partial charge is 0.240 e. The normalized spacial score (nSPS) is 11.7. The highest BCUT2D eigenvalue weighted by Crippen LogP contribution is 1.99. The molecule has 0 bridgehead atoms. The fourth-order valence-electron chi connectivity index (χ4n) is 3.38. The first-order chi connectivity index (χ1) is 22.8. The third kappa shape index (κ3) is 36.0. The van der Waals surface area contributed by atoms with Gasteiger partial charge in [-0.15, -0.1) is 0 Å². The van der Waals surface area contributed by atoms with E-state index in [-0.39, 0.29) is 30.8 Å². The average Bonchev–Trinajstić information content (AvgIpc) is 3.03. The highest BCUT2D eigenvalue weighted by atomic mass is 16.6. The summed E-state index contributed by atoms with van der Waals surface area (Å²) in [5.41, 5.74) is 15.8. The Kier molecular flexibility index (Phi) is 32.7. The molecule has 0 heterocycles. The second kappa shape index (κ2) is 34.6. The molecule has 0 saturated carbocycles. The summed E-state index contributed by atoms with van der Waals surface area (Å²) in [6.07, 6.45) is 0.934. The van der Waals surface area contributed by atoms with Crippen molar-refractivity contribution < 1.29 is 57.0 Å². The van der Waals surface area contributed by atoms with Crippen LogP contribution in [0.15, 0.2) is 4.99 Å². The maximum atomic E-state index is 12.0. The van der Waals surface area contributed by atoms with E-state index in [9.17, 15) is 14.4 Å². The van der Waals surface area contributed by atoms with Gasteiger partial charge in [0, 0.05) is 26.4 Å². The van der Waals surface area contributed by atoms with Crippen molar-refractivity contribution in [3.8, 4) is 0 Å². The Labute approximate surface area is 277 Å². The van der Waals surface area contributed by atoms with Crippen LogP contribution in [0.3, 0.4) is 0 Å². The molecule has 18 heteroatoms. The minimum absolute atomic E-state index is 0.0314. The predicted molar refractivity (Wildman–Crippen MR) is 172 cm³/mol. The topological polar surface area (TPSA) is 249 Å². The molecular formula is C29H58N6O12. The number of aliphatic imine (C=N–C) groups is 1. The molecule has 276 valence electrons. The Bertz CT molecular complexity index is 793. The lowest BCUT2D eigenvalue weighted by Gasteiger charge is -2.15. The lowest BCUT2D eigenvalue weighted by Crippen LogP contribution is -2.44. The van der Waals surface area contributed by atoms with E-state index >= 15 is 0 Å². The number of hydrogen-bond donors (Lipinski definition) is 5.